The first kappa shape index (κ1) is 16.4. The minimum Gasteiger partial charge on any atom is -0.295 e. The number of amides is 2. The van der Waals surface area contributed by atoms with Gasteiger partial charge < -0.3 is 0 Å². The molecule has 0 unspecified atom stereocenters. The van der Waals surface area contributed by atoms with Crippen molar-refractivity contribution >= 4 is 17.5 Å². The van der Waals surface area contributed by atoms with Crippen LogP contribution in [0.25, 0.3) is 0 Å². The zero-order valence-corrected chi connectivity index (χ0v) is 13.7. The van der Waals surface area contributed by atoms with E-state index in [1.54, 1.807) is 17.1 Å². The summed E-state index contributed by atoms with van der Waals surface area (Å²) in [6.07, 6.45) is 0. The Kier molecular flexibility index (Phi) is 3.98. The van der Waals surface area contributed by atoms with Crippen molar-refractivity contribution in [1.29, 1.82) is 0 Å². The minimum atomic E-state index is -0.646. The SMILES string of the molecule is O=C1NC(=O)[C@H]2[C@@H]1[C@@H](c1cccc([N+](=O)[O-])c1)NN2Cc1ccccc1. The highest BCUT2D eigenvalue weighted by Gasteiger charge is 2.54. The Morgan fingerprint density at radius 1 is 1.04 bits per heavy atom. The number of hydrazine groups is 1. The van der Waals surface area contributed by atoms with Gasteiger partial charge in [0.05, 0.1) is 16.9 Å². The number of imide groups is 1. The maximum absolute atomic E-state index is 12.3. The summed E-state index contributed by atoms with van der Waals surface area (Å²) in [5, 5.41) is 15.2. The molecule has 2 aromatic carbocycles. The zero-order chi connectivity index (χ0) is 18.3. The van der Waals surface area contributed by atoms with Crippen LogP contribution in [-0.2, 0) is 16.1 Å². The van der Waals surface area contributed by atoms with Crippen LogP contribution in [0.15, 0.2) is 54.6 Å². The summed E-state index contributed by atoms with van der Waals surface area (Å²) < 4.78 is 0. The molecule has 2 aliphatic rings. The first-order valence-corrected chi connectivity index (χ1v) is 8.20. The van der Waals surface area contributed by atoms with Gasteiger partial charge in [0.1, 0.15) is 6.04 Å². The number of nitro groups is 1. The summed E-state index contributed by atoms with van der Waals surface area (Å²) in [6.45, 7) is 0.439. The van der Waals surface area contributed by atoms with Crippen LogP contribution in [0.4, 0.5) is 5.69 Å². The molecule has 2 aliphatic heterocycles. The van der Waals surface area contributed by atoms with Crippen molar-refractivity contribution in [1.82, 2.24) is 15.8 Å². The fourth-order valence-electron chi connectivity index (χ4n) is 3.63. The molecular formula is C18H16N4O4. The highest BCUT2D eigenvalue weighted by Crippen LogP contribution is 2.38. The number of benzene rings is 2. The number of hydrogen-bond donors (Lipinski definition) is 2. The third-order valence-electron chi connectivity index (χ3n) is 4.79. The van der Waals surface area contributed by atoms with Gasteiger partial charge in [-0.3, -0.25) is 25.0 Å². The molecule has 3 atom stereocenters. The van der Waals surface area contributed by atoms with Crippen molar-refractivity contribution in [3.8, 4) is 0 Å². The minimum absolute atomic E-state index is 0.0490. The second-order valence-corrected chi connectivity index (χ2v) is 6.40. The van der Waals surface area contributed by atoms with Gasteiger partial charge in [0.15, 0.2) is 0 Å². The largest absolute Gasteiger partial charge is 0.295 e. The van der Waals surface area contributed by atoms with E-state index in [-0.39, 0.29) is 17.5 Å². The van der Waals surface area contributed by atoms with Gasteiger partial charge in [0.25, 0.3) is 5.69 Å². The number of carbonyl (C=O) groups excluding carboxylic acids is 2. The Hall–Kier alpha value is -3.10. The van der Waals surface area contributed by atoms with E-state index in [4.69, 9.17) is 0 Å². The van der Waals surface area contributed by atoms with Gasteiger partial charge in [-0.05, 0) is 11.1 Å². The molecule has 2 aromatic rings. The molecule has 132 valence electrons. The molecule has 8 heteroatoms. The van der Waals surface area contributed by atoms with Gasteiger partial charge in [-0.1, -0.05) is 42.5 Å². The lowest BCUT2D eigenvalue weighted by Gasteiger charge is -2.22. The summed E-state index contributed by atoms with van der Waals surface area (Å²) in [4.78, 5) is 35.2. The normalized spacial score (nSPS) is 25.2. The third kappa shape index (κ3) is 2.75. The Balaban J connectivity index is 1.68. The number of rotatable bonds is 4. The van der Waals surface area contributed by atoms with E-state index in [0.717, 1.165) is 5.56 Å². The Morgan fingerprint density at radius 3 is 2.54 bits per heavy atom. The number of carbonyl (C=O) groups is 2. The lowest BCUT2D eigenvalue weighted by Crippen LogP contribution is -2.43. The predicted octanol–water partition coefficient (Wildman–Crippen LogP) is 1.30. The van der Waals surface area contributed by atoms with Crippen LogP contribution in [0.2, 0.25) is 0 Å². The maximum atomic E-state index is 12.3. The number of non-ortho nitro benzene ring substituents is 1. The molecule has 2 amide bonds. The summed E-state index contributed by atoms with van der Waals surface area (Å²) in [6, 6.07) is 14.6. The van der Waals surface area contributed by atoms with Crippen molar-refractivity contribution < 1.29 is 14.5 Å². The van der Waals surface area contributed by atoms with Crippen LogP contribution in [0, 0.1) is 16.0 Å². The van der Waals surface area contributed by atoms with E-state index >= 15 is 0 Å². The number of nitro benzene ring substituents is 1. The Labute approximate surface area is 148 Å². The molecule has 0 radical (unpaired) electrons. The van der Waals surface area contributed by atoms with Gasteiger partial charge in [-0.15, -0.1) is 0 Å². The molecule has 0 aliphatic carbocycles. The molecule has 0 spiro atoms. The fraction of sp³-hybridized carbons (Fsp3) is 0.222. The van der Waals surface area contributed by atoms with Crippen molar-refractivity contribution in [2.24, 2.45) is 5.92 Å². The number of hydrogen-bond acceptors (Lipinski definition) is 6. The third-order valence-corrected chi connectivity index (χ3v) is 4.79. The summed E-state index contributed by atoms with van der Waals surface area (Å²) >= 11 is 0. The van der Waals surface area contributed by atoms with Crippen LogP contribution in [0.5, 0.6) is 0 Å². The Morgan fingerprint density at radius 2 is 1.81 bits per heavy atom. The van der Waals surface area contributed by atoms with Gasteiger partial charge in [-0.25, -0.2) is 10.4 Å². The van der Waals surface area contributed by atoms with Crippen molar-refractivity contribution in [3.63, 3.8) is 0 Å². The van der Waals surface area contributed by atoms with Crippen LogP contribution in [-0.4, -0.2) is 27.8 Å². The smallest absolute Gasteiger partial charge is 0.269 e. The first-order valence-electron chi connectivity index (χ1n) is 8.20. The molecule has 2 saturated heterocycles. The Bertz CT molecular complexity index is 886. The van der Waals surface area contributed by atoms with Gasteiger partial charge in [-0.2, -0.15) is 0 Å². The van der Waals surface area contributed by atoms with Crippen molar-refractivity contribution in [3.05, 3.63) is 75.8 Å². The quantitative estimate of drug-likeness (QED) is 0.488. The molecular weight excluding hydrogens is 336 g/mol. The fourth-order valence-corrected chi connectivity index (χ4v) is 3.63. The molecule has 0 saturated carbocycles. The summed E-state index contributed by atoms with van der Waals surface area (Å²) in [7, 11) is 0. The van der Waals surface area contributed by atoms with E-state index in [9.17, 15) is 19.7 Å². The highest BCUT2D eigenvalue weighted by molar-refractivity contribution is 6.07. The first-order chi connectivity index (χ1) is 12.5. The van der Waals surface area contributed by atoms with E-state index < -0.39 is 22.9 Å². The monoisotopic (exact) mass is 352 g/mol. The number of nitrogens with one attached hydrogen (secondary N) is 2. The van der Waals surface area contributed by atoms with Gasteiger partial charge in [0.2, 0.25) is 11.8 Å². The molecule has 0 bridgehead atoms. The van der Waals surface area contributed by atoms with Crippen LogP contribution >= 0.6 is 0 Å². The second kappa shape index (κ2) is 6.32. The lowest BCUT2D eigenvalue weighted by atomic mass is 9.90. The average Bonchev–Trinajstić information content (AvgIpc) is 3.15. The highest BCUT2D eigenvalue weighted by atomic mass is 16.6. The number of nitrogens with zero attached hydrogens (tertiary/aromatic N) is 2. The molecule has 0 aromatic heterocycles. The van der Waals surface area contributed by atoms with E-state index in [1.165, 1.54) is 12.1 Å². The van der Waals surface area contributed by atoms with Gasteiger partial charge >= 0.3 is 0 Å². The summed E-state index contributed by atoms with van der Waals surface area (Å²) in [5.41, 5.74) is 4.76. The van der Waals surface area contributed by atoms with Crippen molar-refractivity contribution in [2.45, 2.75) is 18.6 Å². The standard InChI is InChI=1S/C18H16N4O4/c23-17-14-15(12-7-4-8-13(9-12)22(25)26)20-21(16(14)18(24)19-17)10-11-5-2-1-3-6-11/h1-9,14-16,20H,10H2,(H,19,23,24)/t14-,15+,16+/m0/s1. The van der Waals surface area contributed by atoms with E-state index in [1.807, 2.05) is 30.3 Å². The molecule has 2 N–H and O–H groups in total. The summed E-state index contributed by atoms with van der Waals surface area (Å²) in [5.74, 6) is -1.34. The number of fused-ring (bicyclic) bond motifs is 1. The lowest BCUT2D eigenvalue weighted by molar-refractivity contribution is -0.384. The van der Waals surface area contributed by atoms with E-state index in [0.29, 0.717) is 12.1 Å². The van der Waals surface area contributed by atoms with Crippen LogP contribution in [0.1, 0.15) is 17.2 Å². The van der Waals surface area contributed by atoms with Crippen LogP contribution in [0.3, 0.4) is 0 Å². The van der Waals surface area contributed by atoms with Gasteiger partial charge in [0, 0.05) is 18.7 Å². The van der Waals surface area contributed by atoms with E-state index in [2.05, 4.69) is 10.7 Å². The zero-order valence-electron chi connectivity index (χ0n) is 13.7. The molecule has 2 fully saturated rings. The van der Waals surface area contributed by atoms with Crippen LogP contribution < -0.4 is 10.7 Å². The van der Waals surface area contributed by atoms with Crippen molar-refractivity contribution in [2.75, 3.05) is 0 Å². The molecule has 4 rings (SSSR count). The molecule has 26 heavy (non-hydrogen) atoms. The molecule has 2 heterocycles. The predicted molar refractivity (Wildman–Crippen MR) is 91.4 cm³/mol. The second-order valence-electron chi connectivity index (χ2n) is 6.40. The average molecular weight is 352 g/mol. The maximum Gasteiger partial charge on any atom is 0.269 e. The molecule has 8 nitrogen and oxygen atoms in total. The topological polar surface area (TPSA) is 105 Å².